The highest BCUT2D eigenvalue weighted by Crippen LogP contribution is 2.37. The van der Waals surface area contributed by atoms with Gasteiger partial charge in [0.05, 0.1) is 14.8 Å². The maximum atomic E-state index is 13.5. The number of hydrogen-bond acceptors (Lipinski definition) is 5. The summed E-state index contributed by atoms with van der Waals surface area (Å²) in [5.74, 6) is 0.154. The van der Waals surface area contributed by atoms with Gasteiger partial charge in [-0.3, -0.25) is 9.69 Å². The molecule has 2 aromatic heterocycles. The lowest BCUT2D eigenvalue weighted by Gasteiger charge is -2.27. The molecule has 12 heteroatoms. The lowest BCUT2D eigenvalue weighted by molar-refractivity contribution is 0.0976. The summed E-state index contributed by atoms with van der Waals surface area (Å²) in [5, 5.41) is 0.309. The fourth-order valence-electron chi connectivity index (χ4n) is 3.49. The Labute approximate surface area is 208 Å². The molecule has 0 N–H and O–H groups in total. The Kier molecular flexibility index (Phi) is 6.61. The fraction of sp³-hybridized carbons (Fsp3) is 0.300. The van der Waals surface area contributed by atoms with Crippen molar-refractivity contribution >= 4 is 65.6 Å². The van der Waals surface area contributed by atoms with Crippen LogP contribution in [-0.2, 0) is 23.7 Å². The van der Waals surface area contributed by atoms with E-state index in [2.05, 4.69) is 36.8 Å². The average Bonchev–Trinajstić information content (AvgIpc) is 3.26. The van der Waals surface area contributed by atoms with E-state index in [0.29, 0.717) is 41.7 Å². The lowest BCUT2D eigenvalue weighted by Crippen LogP contribution is -2.38. The zero-order valence-corrected chi connectivity index (χ0v) is 22.4. The van der Waals surface area contributed by atoms with Crippen LogP contribution in [-0.4, -0.2) is 52.8 Å². The molecule has 170 valence electrons. The zero-order valence-electron chi connectivity index (χ0n) is 17.6. The van der Waals surface area contributed by atoms with E-state index in [9.17, 15) is 13.2 Å². The van der Waals surface area contributed by atoms with Gasteiger partial charge in [-0.1, -0.05) is 30.0 Å². The summed E-state index contributed by atoms with van der Waals surface area (Å²) in [6.07, 6.45) is 1.14. The number of fused-ring (bicyclic) bond motifs is 1. The van der Waals surface area contributed by atoms with Crippen LogP contribution in [0.25, 0.3) is 0 Å². The second-order valence-electron chi connectivity index (χ2n) is 7.42. The van der Waals surface area contributed by atoms with E-state index in [-0.39, 0.29) is 5.91 Å². The first-order valence-corrected chi connectivity index (χ1v) is 13.5. The minimum absolute atomic E-state index is 0.233. The first kappa shape index (κ1) is 23.6. The van der Waals surface area contributed by atoms with Crippen LogP contribution in [0.3, 0.4) is 0 Å². The number of imidazole rings is 1. The number of amides is 1. The Balaban J connectivity index is 1.85. The number of hydrogen-bond donors (Lipinski definition) is 0. The summed E-state index contributed by atoms with van der Waals surface area (Å²) in [5.41, 5.74) is 0.989. The van der Waals surface area contributed by atoms with Crippen molar-refractivity contribution in [3.63, 3.8) is 0 Å². The fourth-order valence-corrected chi connectivity index (χ4v) is 6.52. The van der Waals surface area contributed by atoms with E-state index in [1.54, 1.807) is 22.6 Å². The van der Waals surface area contributed by atoms with Crippen molar-refractivity contribution < 1.29 is 13.2 Å². The van der Waals surface area contributed by atoms with Gasteiger partial charge in [0, 0.05) is 32.6 Å². The zero-order chi connectivity index (χ0) is 23.2. The number of carbonyl (C=O) groups excluding carboxylic acids is 1. The molecule has 3 aromatic rings. The van der Waals surface area contributed by atoms with Crippen molar-refractivity contribution in [3.05, 3.63) is 56.9 Å². The molecule has 1 aliphatic rings. The molecule has 0 fully saturated rings. The monoisotopic (exact) mass is 601 g/mol. The van der Waals surface area contributed by atoms with Crippen LogP contribution >= 0.6 is 43.6 Å². The molecule has 0 bridgehead atoms. The van der Waals surface area contributed by atoms with Crippen molar-refractivity contribution in [3.8, 4) is 0 Å². The molecule has 0 saturated heterocycles. The van der Waals surface area contributed by atoms with Crippen molar-refractivity contribution in [2.45, 2.75) is 22.9 Å². The minimum atomic E-state index is -3.84. The van der Waals surface area contributed by atoms with E-state index in [0.717, 1.165) is 18.3 Å². The number of anilines is 1. The molecule has 0 atom stereocenters. The third-order valence-corrected chi connectivity index (χ3v) is 10.1. The number of rotatable bonds is 5. The van der Waals surface area contributed by atoms with E-state index in [4.69, 9.17) is 0 Å². The first-order valence-electron chi connectivity index (χ1n) is 9.73. The molecule has 4 rings (SSSR count). The largest absolute Gasteiger partial charge is 0.333 e. The van der Waals surface area contributed by atoms with Gasteiger partial charge in [0.2, 0.25) is 0 Å². The van der Waals surface area contributed by atoms with Gasteiger partial charge in [0.1, 0.15) is 5.69 Å². The van der Waals surface area contributed by atoms with Crippen LogP contribution in [0.1, 0.15) is 22.6 Å². The van der Waals surface area contributed by atoms with E-state index >= 15 is 0 Å². The Morgan fingerprint density at radius 1 is 1.19 bits per heavy atom. The Morgan fingerprint density at radius 3 is 2.47 bits per heavy atom. The first-order chi connectivity index (χ1) is 15.1. The molecular formula is C20H21Br2N5O3S2. The summed E-state index contributed by atoms with van der Waals surface area (Å²) >= 11 is 8.15. The van der Waals surface area contributed by atoms with Gasteiger partial charge in [-0.15, -0.1) is 0 Å². The van der Waals surface area contributed by atoms with E-state index < -0.39 is 10.2 Å². The smallest absolute Gasteiger partial charge is 0.309 e. The van der Waals surface area contributed by atoms with Gasteiger partial charge in [-0.05, 0) is 62.9 Å². The molecule has 3 heterocycles. The Bertz CT molecular complexity index is 1290. The number of aromatic nitrogens is 3. The lowest BCUT2D eigenvalue weighted by atomic mass is 10.1. The van der Waals surface area contributed by atoms with Crippen LogP contribution in [0.5, 0.6) is 0 Å². The Hall–Kier alpha value is -1.60. The second-order valence-corrected chi connectivity index (χ2v) is 12.1. The predicted octanol–water partition coefficient (Wildman–Crippen LogP) is 4.15. The van der Waals surface area contributed by atoms with E-state index in [1.165, 1.54) is 29.8 Å². The molecule has 32 heavy (non-hydrogen) atoms. The maximum Gasteiger partial charge on any atom is 0.309 e. The second kappa shape index (κ2) is 8.98. The quantitative estimate of drug-likeness (QED) is 0.438. The van der Waals surface area contributed by atoms with Crippen LogP contribution in [0.15, 0.2) is 55.5 Å². The average molecular weight is 603 g/mol. The predicted molar refractivity (Wildman–Crippen MR) is 132 cm³/mol. The van der Waals surface area contributed by atoms with Gasteiger partial charge in [-0.25, -0.2) is 8.96 Å². The standard InChI is InChI=1S/C20H21Br2N5O3S2/c1-24(2)32(29,30)27-15-10-7-11-26(19(28)16-12-14(21)17(22)25(16)3)18(15)23-20(27)31-13-8-5-4-6-9-13/h4-6,8-9,12H,7,10-11H2,1-3H3. The van der Waals surface area contributed by atoms with Crippen LogP contribution < -0.4 is 4.90 Å². The van der Waals surface area contributed by atoms with Crippen LogP contribution in [0.2, 0.25) is 0 Å². The number of carbonyl (C=O) groups is 1. The number of halogens is 2. The molecule has 1 aliphatic heterocycles. The van der Waals surface area contributed by atoms with Crippen LogP contribution in [0, 0.1) is 0 Å². The SMILES string of the molecule is CN(C)S(=O)(=O)n1c(Sc2ccccc2)nc2c1CCCN2C(=O)c1cc(Br)c(Br)n1C. The third kappa shape index (κ3) is 4.07. The molecule has 1 aromatic carbocycles. The molecule has 0 radical (unpaired) electrons. The normalized spacial score (nSPS) is 14.1. The summed E-state index contributed by atoms with van der Waals surface area (Å²) in [6, 6.07) is 11.2. The highest BCUT2D eigenvalue weighted by atomic mass is 79.9. The highest BCUT2D eigenvalue weighted by Gasteiger charge is 2.35. The minimum Gasteiger partial charge on any atom is -0.333 e. The van der Waals surface area contributed by atoms with Crippen LogP contribution in [0.4, 0.5) is 5.82 Å². The summed E-state index contributed by atoms with van der Waals surface area (Å²) in [4.78, 5) is 20.6. The molecule has 8 nitrogen and oxygen atoms in total. The van der Waals surface area contributed by atoms with Gasteiger partial charge >= 0.3 is 10.2 Å². The van der Waals surface area contributed by atoms with Gasteiger partial charge in [0.25, 0.3) is 5.91 Å². The highest BCUT2D eigenvalue weighted by molar-refractivity contribution is 9.13. The molecule has 0 aliphatic carbocycles. The molecule has 0 saturated carbocycles. The maximum absolute atomic E-state index is 13.5. The molecule has 0 unspecified atom stereocenters. The van der Waals surface area contributed by atoms with Crippen molar-refractivity contribution in [1.29, 1.82) is 0 Å². The summed E-state index contributed by atoms with van der Waals surface area (Å²) < 4.78 is 32.2. The summed E-state index contributed by atoms with van der Waals surface area (Å²) in [6.45, 7) is 0.459. The number of benzene rings is 1. The van der Waals surface area contributed by atoms with Crippen molar-refractivity contribution in [2.75, 3.05) is 25.5 Å². The van der Waals surface area contributed by atoms with Crippen molar-refractivity contribution in [1.82, 2.24) is 17.8 Å². The topological polar surface area (TPSA) is 80.4 Å². The van der Waals surface area contributed by atoms with E-state index in [1.807, 2.05) is 30.3 Å². The molecule has 0 spiro atoms. The summed E-state index contributed by atoms with van der Waals surface area (Å²) in [7, 11) is 0.928. The molecular weight excluding hydrogens is 582 g/mol. The Morgan fingerprint density at radius 2 is 1.88 bits per heavy atom. The van der Waals surface area contributed by atoms with Gasteiger partial charge in [-0.2, -0.15) is 12.7 Å². The van der Waals surface area contributed by atoms with Gasteiger partial charge in [0.15, 0.2) is 11.0 Å². The third-order valence-electron chi connectivity index (χ3n) is 5.15. The number of nitrogens with zero attached hydrogens (tertiary/aromatic N) is 5. The van der Waals surface area contributed by atoms with Crippen molar-refractivity contribution in [2.24, 2.45) is 7.05 Å². The molecule has 1 amide bonds. The van der Waals surface area contributed by atoms with Gasteiger partial charge < -0.3 is 4.57 Å².